The van der Waals surface area contributed by atoms with Crippen molar-refractivity contribution in [3.63, 3.8) is 0 Å². The van der Waals surface area contributed by atoms with Gasteiger partial charge in [-0.15, -0.1) is 0 Å². The molecule has 0 heterocycles. The van der Waals surface area contributed by atoms with Crippen LogP contribution in [-0.4, -0.2) is 18.2 Å². The molecule has 0 aromatic heterocycles. The van der Waals surface area contributed by atoms with Gasteiger partial charge in [0.15, 0.2) is 0 Å². The second kappa shape index (κ2) is 6.24. The highest BCUT2D eigenvalue weighted by atomic mass is 16.3. The molecule has 0 fully saturated rings. The monoisotopic (exact) mass is 233 g/mol. The first-order valence-electron chi connectivity index (χ1n) is 5.73. The highest BCUT2D eigenvalue weighted by molar-refractivity contribution is 5.55. The third kappa shape index (κ3) is 4.06. The standard InChI is InChI=1S/C13H19N3O/c1-9(2)7-16-8-13(17)10-3-4-12(15)11(5-10)6-14/h3-5,9,13,16-17H,7-8,15H2,1-2H3. The van der Waals surface area contributed by atoms with Gasteiger partial charge in [-0.2, -0.15) is 5.26 Å². The van der Waals surface area contributed by atoms with Crippen LogP contribution in [0.3, 0.4) is 0 Å². The fraction of sp³-hybridized carbons (Fsp3) is 0.462. The molecule has 1 unspecified atom stereocenters. The Kier molecular flexibility index (Phi) is 4.95. The maximum absolute atomic E-state index is 9.93. The van der Waals surface area contributed by atoms with Gasteiger partial charge >= 0.3 is 0 Å². The van der Waals surface area contributed by atoms with E-state index in [9.17, 15) is 5.11 Å². The molecule has 17 heavy (non-hydrogen) atoms. The van der Waals surface area contributed by atoms with Crippen LogP contribution in [0.2, 0.25) is 0 Å². The van der Waals surface area contributed by atoms with E-state index in [4.69, 9.17) is 11.0 Å². The number of nitrogens with one attached hydrogen (secondary N) is 1. The largest absolute Gasteiger partial charge is 0.398 e. The minimum absolute atomic E-state index is 0.408. The van der Waals surface area contributed by atoms with Crippen molar-refractivity contribution < 1.29 is 5.11 Å². The molecule has 0 saturated carbocycles. The Bertz CT molecular complexity index is 410. The molecule has 0 aliphatic rings. The summed E-state index contributed by atoms with van der Waals surface area (Å²) in [5, 5.41) is 21.9. The maximum atomic E-state index is 9.93. The van der Waals surface area contributed by atoms with Crippen molar-refractivity contribution >= 4 is 5.69 Å². The average Bonchev–Trinajstić information content (AvgIpc) is 2.29. The van der Waals surface area contributed by atoms with E-state index >= 15 is 0 Å². The van der Waals surface area contributed by atoms with Crippen molar-refractivity contribution in [2.24, 2.45) is 5.92 Å². The normalized spacial score (nSPS) is 12.4. The lowest BCUT2D eigenvalue weighted by Gasteiger charge is -2.14. The van der Waals surface area contributed by atoms with Crippen LogP contribution < -0.4 is 11.1 Å². The zero-order valence-electron chi connectivity index (χ0n) is 10.3. The van der Waals surface area contributed by atoms with Crippen molar-refractivity contribution in [1.82, 2.24) is 5.32 Å². The van der Waals surface area contributed by atoms with Crippen molar-refractivity contribution in [2.75, 3.05) is 18.8 Å². The van der Waals surface area contributed by atoms with Gasteiger partial charge < -0.3 is 16.2 Å². The van der Waals surface area contributed by atoms with E-state index < -0.39 is 6.10 Å². The number of nitrogens with zero attached hydrogens (tertiary/aromatic N) is 1. The fourth-order valence-corrected chi connectivity index (χ4v) is 1.50. The lowest BCUT2D eigenvalue weighted by molar-refractivity contribution is 0.173. The predicted octanol–water partition coefficient (Wildman–Crippen LogP) is 1.42. The number of aliphatic hydroxyl groups is 1. The zero-order valence-corrected chi connectivity index (χ0v) is 10.3. The van der Waals surface area contributed by atoms with Gasteiger partial charge in [0.25, 0.3) is 0 Å². The number of nitriles is 1. The summed E-state index contributed by atoms with van der Waals surface area (Å²) in [6.45, 7) is 5.55. The van der Waals surface area contributed by atoms with Crippen LogP contribution in [0.25, 0.3) is 0 Å². The van der Waals surface area contributed by atoms with Crippen molar-refractivity contribution in [3.8, 4) is 6.07 Å². The molecule has 0 saturated heterocycles. The third-order valence-corrected chi connectivity index (χ3v) is 2.47. The van der Waals surface area contributed by atoms with Gasteiger partial charge in [0.2, 0.25) is 0 Å². The minimum atomic E-state index is -0.610. The topological polar surface area (TPSA) is 82.1 Å². The molecule has 1 aromatic carbocycles. The number of benzene rings is 1. The van der Waals surface area contributed by atoms with E-state index in [2.05, 4.69) is 19.2 Å². The second-order valence-electron chi connectivity index (χ2n) is 4.53. The van der Waals surface area contributed by atoms with Gasteiger partial charge in [-0.25, -0.2) is 0 Å². The number of nitrogens with two attached hydrogens (primary N) is 1. The summed E-state index contributed by atoms with van der Waals surface area (Å²) in [5.41, 5.74) is 7.19. The lowest BCUT2D eigenvalue weighted by Crippen LogP contribution is -2.25. The SMILES string of the molecule is CC(C)CNCC(O)c1ccc(N)c(C#N)c1. The Hall–Kier alpha value is -1.57. The molecular formula is C13H19N3O. The van der Waals surface area contributed by atoms with E-state index in [1.165, 1.54) is 0 Å². The van der Waals surface area contributed by atoms with Crippen molar-refractivity contribution in [2.45, 2.75) is 20.0 Å². The molecular weight excluding hydrogens is 214 g/mol. The van der Waals surface area contributed by atoms with Gasteiger partial charge in [0.05, 0.1) is 11.7 Å². The lowest BCUT2D eigenvalue weighted by atomic mass is 10.0. The molecule has 4 heteroatoms. The van der Waals surface area contributed by atoms with E-state index in [-0.39, 0.29) is 0 Å². The van der Waals surface area contributed by atoms with Crippen LogP contribution in [0.5, 0.6) is 0 Å². The molecule has 0 amide bonds. The molecule has 1 aromatic rings. The first kappa shape index (κ1) is 13.5. The fourth-order valence-electron chi connectivity index (χ4n) is 1.50. The maximum Gasteiger partial charge on any atom is 0.101 e. The number of rotatable bonds is 5. The van der Waals surface area contributed by atoms with E-state index in [0.29, 0.717) is 29.3 Å². The van der Waals surface area contributed by atoms with Gasteiger partial charge in [-0.3, -0.25) is 0 Å². The molecule has 0 bridgehead atoms. The van der Waals surface area contributed by atoms with Crippen LogP contribution >= 0.6 is 0 Å². The Morgan fingerprint density at radius 3 is 2.71 bits per heavy atom. The first-order valence-corrected chi connectivity index (χ1v) is 5.73. The number of anilines is 1. The quantitative estimate of drug-likeness (QED) is 0.672. The Morgan fingerprint density at radius 1 is 1.41 bits per heavy atom. The molecule has 1 atom stereocenters. The molecule has 0 spiro atoms. The summed E-state index contributed by atoms with van der Waals surface area (Å²) < 4.78 is 0. The molecule has 92 valence electrons. The summed E-state index contributed by atoms with van der Waals surface area (Å²) >= 11 is 0. The number of nitrogen functional groups attached to an aromatic ring is 1. The molecule has 4 nitrogen and oxygen atoms in total. The second-order valence-corrected chi connectivity index (χ2v) is 4.53. The van der Waals surface area contributed by atoms with E-state index in [1.54, 1.807) is 18.2 Å². The van der Waals surface area contributed by atoms with Crippen molar-refractivity contribution in [1.29, 1.82) is 5.26 Å². The smallest absolute Gasteiger partial charge is 0.101 e. The third-order valence-electron chi connectivity index (χ3n) is 2.47. The Balaban J connectivity index is 2.63. The van der Waals surface area contributed by atoms with E-state index in [1.807, 2.05) is 6.07 Å². The van der Waals surface area contributed by atoms with E-state index in [0.717, 1.165) is 6.54 Å². The average molecular weight is 233 g/mol. The predicted molar refractivity (Wildman–Crippen MR) is 68.2 cm³/mol. The summed E-state index contributed by atoms with van der Waals surface area (Å²) in [5.74, 6) is 0.545. The van der Waals surface area contributed by atoms with Gasteiger partial charge in [0, 0.05) is 12.2 Å². The van der Waals surface area contributed by atoms with Crippen LogP contribution in [0, 0.1) is 17.2 Å². The van der Waals surface area contributed by atoms with Crippen LogP contribution in [0.15, 0.2) is 18.2 Å². The molecule has 0 aliphatic carbocycles. The highest BCUT2D eigenvalue weighted by Crippen LogP contribution is 2.18. The summed E-state index contributed by atoms with van der Waals surface area (Å²) in [6.07, 6.45) is -0.610. The summed E-state index contributed by atoms with van der Waals surface area (Å²) in [4.78, 5) is 0. The molecule has 0 aliphatic heterocycles. The van der Waals surface area contributed by atoms with Crippen molar-refractivity contribution in [3.05, 3.63) is 29.3 Å². The molecule has 0 radical (unpaired) electrons. The minimum Gasteiger partial charge on any atom is -0.398 e. The Labute approximate surface area is 102 Å². The van der Waals surface area contributed by atoms with Gasteiger partial charge in [0.1, 0.15) is 6.07 Å². The van der Waals surface area contributed by atoms with Crippen LogP contribution in [0.4, 0.5) is 5.69 Å². The van der Waals surface area contributed by atoms with Gasteiger partial charge in [-0.1, -0.05) is 19.9 Å². The Morgan fingerprint density at radius 2 is 2.12 bits per heavy atom. The number of aliphatic hydroxyl groups excluding tert-OH is 1. The summed E-state index contributed by atoms with van der Waals surface area (Å²) in [7, 11) is 0. The van der Waals surface area contributed by atoms with Crippen LogP contribution in [-0.2, 0) is 0 Å². The molecule has 4 N–H and O–H groups in total. The first-order chi connectivity index (χ1) is 8.04. The zero-order chi connectivity index (χ0) is 12.8. The molecule has 1 rings (SSSR count). The number of hydrogen-bond acceptors (Lipinski definition) is 4. The number of hydrogen-bond donors (Lipinski definition) is 3. The highest BCUT2D eigenvalue weighted by Gasteiger charge is 2.09. The van der Waals surface area contributed by atoms with Gasteiger partial charge in [-0.05, 0) is 30.2 Å². The van der Waals surface area contributed by atoms with Crippen LogP contribution in [0.1, 0.15) is 31.1 Å². The summed E-state index contributed by atoms with van der Waals surface area (Å²) in [6, 6.07) is 7.04.